The van der Waals surface area contributed by atoms with Gasteiger partial charge in [0.2, 0.25) is 0 Å². The van der Waals surface area contributed by atoms with Gasteiger partial charge in [-0.25, -0.2) is 4.79 Å². The summed E-state index contributed by atoms with van der Waals surface area (Å²) in [6.07, 6.45) is -0.762. The summed E-state index contributed by atoms with van der Waals surface area (Å²) >= 11 is 0. The molecule has 0 saturated carbocycles. The summed E-state index contributed by atoms with van der Waals surface area (Å²) in [5.41, 5.74) is 2.05. The Labute approximate surface area is 183 Å². The molecule has 2 N–H and O–H groups in total. The van der Waals surface area contributed by atoms with Gasteiger partial charge in [0.1, 0.15) is 5.75 Å². The Bertz CT molecular complexity index is 1010. The number of β-amino-alcohol motifs (C(OH)–C–C–N with tert-alkyl or cyclic N) is 1. The molecule has 1 atom stereocenters. The number of aliphatic hydroxyl groups excluding tert-OH is 1. The SMILES string of the molecule is Cc1ccc(Oc2ccc(C(O)CNC(C)(C)C)cc2OC(=O)c2ccccc2)cc1. The van der Waals surface area contributed by atoms with Crippen molar-refractivity contribution in [1.82, 2.24) is 5.32 Å². The smallest absolute Gasteiger partial charge is 0.343 e. The summed E-state index contributed by atoms with van der Waals surface area (Å²) in [5.74, 6) is 0.786. The first-order valence-electron chi connectivity index (χ1n) is 10.3. The molecule has 0 spiro atoms. The van der Waals surface area contributed by atoms with Crippen LogP contribution in [0.25, 0.3) is 0 Å². The lowest BCUT2D eigenvalue weighted by Gasteiger charge is -2.23. The molecular weight excluding hydrogens is 390 g/mol. The van der Waals surface area contributed by atoms with Gasteiger partial charge in [0.05, 0.1) is 11.7 Å². The maximum Gasteiger partial charge on any atom is 0.343 e. The van der Waals surface area contributed by atoms with Crippen LogP contribution in [0.5, 0.6) is 17.2 Å². The van der Waals surface area contributed by atoms with Gasteiger partial charge in [0.25, 0.3) is 0 Å². The highest BCUT2D eigenvalue weighted by atomic mass is 16.6. The summed E-state index contributed by atoms with van der Waals surface area (Å²) in [4.78, 5) is 12.6. The number of aliphatic hydroxyl groups is 1. The van der Waals surface area contributed by atoms with E-state index in [9.17, 15) is 9.90 Å². The van der Waals surface area contributed by atoms with Crippen molar-refractivity contribution in [2.75, 3.05) is 6.54 Å². The van der Waals surface area contributed by atoms with Crippen molar-refractivity contribution in [3.63, 3.8) is 0 Å². The van der Waals surface area contributed by atoms with Crippen LogP contribution in [-0.2, 0) is 0 Å². The first-order valence-corrected chi connectivity index (χ1v) is 10.3. The van der Waals surface area contributed by atoms with E-state index in [-0.39, 0.29) is 11.3 Å². The van der Waals surface area contributed by atoms with Crippen molar-refractivity contribution in [2.45, 2.75) is 39.3 Å². The predicted molar refractivity (Wildman–Crippen MR) is 122 cm³/mol. The maximum absolute atomic E-state index is 12.6. The summed E-state index contributed by atoms with van der Waals surface area (Å²) in [6.45, 7) is 8.47. The van der Waals surface area contributed by atoms with Crippen molar-refractivity contribution in [3.8, 4) is 17.2 Å². The second-order valence-electron chi connectivity index (χ2n) is 8.52. The van der Waals surface area contributed by atoms with E-state index in [1.165, 1.54) is 0 Å². The summed E-state index contributed by atoms with van der Waals surface area (Å²) < 4.78 is 11.6. The van der Waals surface area contributed by atoms with E-state index in [1.807, 2.05) is 58.0 Å². The molecule has 0 aromatic heterocycles. The Morgan fingerprint density at radius 1 is 0.968 bits per heavy atom. The fraction of sp³-hybridized carbons (Fsp3) is 0.269. The van der Waals surface area contributed by atoms with Crippen LogP contribution in [0.3, 0.4) is 0 Å². The molecule has 0 fully saturated rings. The molecule has 3 rings (SSSR count). The van der Waals surface area contributed by atoms with Crippen molar-refractivity contribution in [3.05, 3.63) is 89.5 Å². The third kappa shape index (κ3) is 6.67. The topological polar surface area (TPSA) is 67.8 Å². The number of esters is 1. The molecule has 0 amide bonds. The van der Waals surface area contributed by atoms with Gasteiger partial charge < -0.3 is 19.9 Å². The molecule has 0 aliphatic carbocycles. The highest BCUT2D eigenvalue weighted by Gasteiger charge is 2.18. The lowest BCUT2D eigenvalue weighted by atomic mass is 10.1. The summed E-state index contributed by atoms with van der Waals surface area (Å²) in [7, 11) is 0. The quantitative estimate of drug-likeness (QED) is 0.395. The van der Waals surface area contributed by atoms with E-state index >= 15 is 0 Å². The maximum atomic E-state index is 12.6. The number of carbonyl (C=O) groups is 1. The Morgan fingerprint density at radius 2 is 1.65 bits per heavy atom. The van der Waals surface area contributed by atoms with Crippen molar-refractivity contribution in [1.29, 1.82) is 0 Å². The van der Waals surface area contributed by atoms with Crippen LogP contribution in [0.1, 0.15) is 48.4 Å². The molecule has 0 bridgehead atoms. The summed E-state index contributed by atoms with van der Waals surface area (Å²) in [6, 6.07) is 21.5. The molecule has 0 aliphatic rings. The van der Waals surface area contributed by atoms with E-state index in [4.69, 9.17) is 9.47 Å². The van der Waals surface area contributed by atoms with Crippen LogP contribution in [-0.4, -0.2) is 23.2 Å². The molecule has 31 heavy (non-hydrogen) atoms. The molecule has 1 unspecified atom stereocenters. The van der Waals surface area contributed by atoms with Crippen molar-refractivity contribution >= 4 is 5.97 Å². The zero-order chi connectivity index (χ0) is 22.4. The van der Waals surface area contributed by atoms with Gasteiger partial charge in [-0.3, -0.25) is 0 Å². The first-order chi connectivity index (χ1) is 14.7. The molecule has 3 aromatic carbocycles. The zero-order valence-corrected chi connectivity index (χ0v) is 18.4. The van der Waals surface area contributed by atoms with Gasteiger partial charge in [0, 0.05) is 12.1 Å². The molecule has 5 heteroatoms. The Kier molecular flexibility index (Phi) is 7.10. The van der Waals surface area contributed by atoms with Gasteiger partial charge in [-0.15, -0.1) is 0 Å². The monoisotopic (exact) mass is 419 g/mol. The average Bonchev–Trinajstić information content (AvgIpc) is 2.75. The van der Waals surface area contributed by atoms with Gasteiger partial charge >= 0.3 is 5.97 Å². The van der Waals surface area contributed by atoms with Crippen LogP contribution in [0.2, 0.25) is 0 Å². The highest BCUT2D eigenvalue weighted by molar-refractivity contribution is 5.91. The third-order valence-corrected chi connectivity index (χ3v) is 4.64. The number of aryl methyl sites for hydroxylation is 1. The average molecular weight is 420 g/mol. The number of hydrogen-bond donors (Lipinski definition) is 2. The molecule has 3 aromatic rings. The van der Waals surface area contributed by atoms with Gasteiger partial charge in [-0.2, -0.15) is 0 Å². The minimum atomic E-state index is -0.762. The number of carbonyl (C=O) groups excluding carboxylic acids is 1. The predicted octanol–water partition coefficient (Wildman–Crippen LogP) is 5.43. The van der Waals surface area contributed by atoms with Crippen LogP contribution < -0.4 is 14.8 Å². The lowest BCUT2D eigenvalue weighted by molar-refractivity contribution is 0.0729. The molecule has 0 saturated heterocycles. The number of nitrogens with one attached hydrogen (secondary N) is 1. The number of ether oxygens (including phenoxy) is 2. The Hall–Kier alpha value is -3.15. The normalized spacial score (nSPS) is 12.3. The van der Waals surface area contributed by atoms with Gasteiger partial charge in [-0.1, -0.05) is 42.0 Å². The summed E-state index contributed by atoms with van der Waals surface area (Å²) in [5, 5.41) is 13.9. The Balaban J connectivity index is 1.88. The first kappa shape index (κ1) is 22.5. The van der Waals surface area contributed by atoms with E-state index in [1.54, 1.807) is 42.5 Å². The second kappa shape index (κ2) is 9.77. The molecule has 0 heterocycles. The number of benzene rings is 3. The molecule has 0 aliphatic heterocycles. The Morgan fingerprint density at radius 3 is 2.29 bits per heavy atom. The minimum Gasteiger partial charge on any atom is -0.453 e. The fourth-order valence-corrected chi connectivity index (χ4v) is 2.88. The van der Waals surface area contributed by atoms with E-state index in [0.717, 1.165) is 5.56 Å². The van der Waals surface area contributed by atoms with Gasteiger partial charge in [-0.05, 0) is 69.7 Å². The molecule has 162 valence electrons. The zero-order valence-electron chi connectivity index (χ0n) is 18.4. The number of hydrogen-bond acceptors (Lipinski definition) is 5. The molecule has 5 nitrogen and oxygen atoms in total. The fourth-order valence-electron chi connectivity index (χ4n) is 2.88. The standard InChI is InChI=1S/C26H29NO4/c1-18-10-13-21(14-11-18)30-23-15-12-20(22(28)17-27-26(2,3)4)16-24(23)31-25(29)19-8-6-5-7-9-19/h5-16,22,27-28H,17H2,1-4H3. The minimum absolute atomic E-state index is 0.127. The van der Waals surface area contributed by atoms with Crippen LogP contribution >= 0.6 is 0 Å². The lowest BCUT2D eigenvalue weighted by Crippen LogP contribution is -2.38. The van der Waals surface area contributed by atoms with Gasteiger partial charge in [0.15, 0.2) is 11.5 Å². The second-order valence-corrected chi connectivity index (χ2v) is 8.52. The van der Waals surface area contributed by atoms with Crippen LogP contribution in [0.4, 0.5) is 0 Å². The largest absolute Gasteiger partial charge is 0.453 e. The van der Waals surface area contributed by atoms with Crippen LogP contribution in [0, 0.1) is 6.92 Å². The van der Waals surface area contributed by atoms with Crippen molar-refractivity contribution < 1.29 is 19.4 Å². The third-order valence-electron chi connectivity index (χ3n) is 4.64. The number of rotatable bonds is 7. The molecular formula is C26H29NO4. The van der Waals surface area contributed by atoms with E-state index in [2.05, 4.69) is 5.32 Å². The van der Waals surface area contributed by atoms with E-state index < -0.39 is 12.1 Å². The highest BCUT2D eigenvalue weighted by Crippen LogP contribution is 2.35. The van der Waals surface area contributed by atoms with Crippen LogP contribution in [0.15, 0.2) is 72.8 Å². The van der Waals surface area contributed by atoms with Crippen molar-refractivity contribution in [2.24, 2.45) is 0 Å². The molecule has 0 radical (unpaired) electrons. The van der Waals surface area contributed by atoms with E-state index in [0.29, 0.717) is 29.2 Å².